The minimum Gasteiger partial charge on any atom is -0.507 e. The fraction of sp³-hybridized carbons (Fsp3) is 0.105. The summed E-state index contributed by atoms with van der Waals surface area (Å²) in [6, 6.07) is 18.3. The second-order valence-corrected chi connectivity index (χ2v) is 5.36. The van der Waals surface area contributed by atoms with Crippen LogP contribution in [0.1, 0.15) is 11.4 Å². The van der Waals surface area contributed by atoms with Gasteiger partial charge < -0.3 is 14.8 Å². The number of H-pyrrole nitrogens is 1. The van der Waals surface area contributed by atoms with Crippen molar-refractivity contribution in [1.29, 1.82) is 5.26 Å². The molecule has 25 heavy (non-hydrogen) atoms. The predicted octanol–water partition coefficient (Wildman–Crippen LogP) is 3.14. The van der Waals surface area contributed by atoms with Crippen molar-refractivity contribution in [1.82, 2.24) is 9.97 Å². The van der Waals surface area contributed by atoms with Crippen LogP contribution in [0.15, 0.2) is 60.4 Å². The number of nitrogens with zero attached hydrogens (tertiary/aromatic N) is 2. The maximum Gasteiger partial charge on any atom is 0.310 e. The first-order valence-corrected chi connectivity index (χ1v) is 7.64. The van der Waals surface area contributed by atoms with E-state index in [1.165, 1.54) is 0 Å². The number of hydrogen-bond acceptors (Lipinski definition) is 5. The minimum absolute atomic E-state index is 0.0521. The SMILES string of the molecule is N#C/C(=C(/O)COC(=O)Cc1ccccc1)c1nc2ccccc2[nH]1. The van der Waals surface area contributed by atoms with Crippen molar-refractivity contribution < 1.29 is 14.6 Å². The molecule has 0 unspecified atom stereocenters. The van der Waals surface area contributed by atoms with Gasteiger partial charge in [0.15, 0.2) is 11.6 Å². The Bertz CT molecular complexity index is 935. The van der Waals surface area contributed by atoms with Crippen molar-refractivity contribution in [3.8, 4) is 6.07 Å². The normalized spacial score (nSPS) is 11.6. The lowest BCUT2D eigenvalue weighted by atomic mass is 10.2. The molecule has 0 amide bonds. The molecule has 0 saturated heterocycles. The van der Waals surface area contributed by atoms with E-state index in [2.05, 4.69) is 9.97 Å². The van der Waals surface area contributed by atoms with Crippen molar-refractivity contribution >= 4 is 22.6 Å². The Hall–Kier alpha value is -3.59. The van der Waals surface area contributed by atoms with Crippen LogP contribution in [-0.4, -0.2) is 27.7 Å². The van der Waals surface area contributed by atoms with Gasteiger partial charge in [0.1, 0.15) is 18.2 Å². The molecule has 2 N–H and O–H groups in total. The highest BCUT2D eigenvalue weighted by Crippen LogP contribution is 2.18. The molecule has 0 aliphatic carbocycles. The molecule has 0 aliphatic rings. The maximum atomic E-state index is 11.8. The molecule has 0 aliphatic heterocycles. The highest BCUT2D eigenvalue weighted by Gasteiger charge is 2.15. The largest absolute Gasteiger partial charge is 0.507 e. The van der Waals surface area contributed by atoms with Gasteiger partial charge in [-0.3, -0.25) is 4.79 Å². The number of aliphatic hydroxyl groups excluding tert-OH is 1. The van der Waals surface area contributed by atoms with Gasteiger partial charge in [0.05, 0.1) is 17.5 Å². The van der Waals surface area contributed by atoms with Gasteiger partial charge in [-0.15, -0.1) is 0 Å². The Morgan fingerprint density at radius 2 is 1.88 bits per heavy atom. The second-order valence-electron chi connectivity index (χ2n) is 5.36. The van der Waals surface area contributed by atoms with E-state index in [-0.39, 0.29) is 30.2 Å². The molecule has 1 aromatic heterocycles. The molecule has 6 nitrogen and oxygen atoms in total. The monoisotopic (exact) mass is 333 g/mol. The topological polar surface area (TPSA) is 99.0 Å². The van der Waals surface area contributed by atoms with E-state index in [0.717, 1.165) is 11.1 Å². The van der Waals surface area contributed by atoms with Gasteiger partial charge in [-0.25, -0.2) is 4.98 Å². The maximum absolute atomic E-state index is 11.8. The Balaban J connectivity index is 1.71. The molecule has 124 valence electrons. The van der Waals surface area contributed by atoms with Crippen LogP contribution in [0.25, 0.3) is 16.6 Å². The first-order chi connectivity index (χ1) is 12.2. The summed E-state index contributed by atoms with van der Waals surface area (Å²) in [7, 11) is 0. The molecular formula is C19H15N3O3. The average molecular weight is 333 g/mol. The van der Waals surface area contributed by atoms with E-state index in [1.54, 1.807) is 6.07 Å². The van der Waals surface area contributed by atoms with Crippen molar-refractivity contribution in [2.75, 3.05) is 6.61 Å². The number of carbonyl (C=O) groups is 1. The lowest BCUT2D eigenvalue weighted by molar-refractivity contribution is -0.142. The molecule has 1 heterocycles. The number of nitrogens with one attached hydrogen (secondary N) is 1. The summed E-state index contributed by atoms with van der Waals surface area (Å²) in [4.78, 5) is 19.1. The molecule has 0 bridgehead atoms. The summed E-state index contributed by atoms with van der Waals surface area (Å²) in [6.07, 6.45) is 0.0979. The second kappa shape index (κ2) is 7.32. The fourth-order valence-electron chi connectivity index (χ4n) is 2.36. The highest BCUT2D eigenvalue weighted by molar-refractivity contribution is 5.83. The van der Waals surface area contributed by atoms with Crippen molar-refractivity contribution in [2.45, 2.75) is 6.42 Å². The van der Waals surface area contributed by atoms with Gasteiger partial charge in [0.25, 0.3) is 0 Å². The zero-order chi connectivity index (χ0) is 17.6. The van der Waals surface area contributed by atoms with E-state index in [4.69, 9.17) is 4.74 Å². The van der Waals surface area contributed by atoms with Gasteiger partial charge in [0, 0.05) is 0 Å². The van der Waals surface area contributed by atoms with E-state index >= 15 is 0 Å². The quantitative estimate of drug-likeness (QED) is 0.424. The Kier molecular flexibility index (Phi) is 4.77. The molecule has 0 saturated carbocycles. The standard InChI is InChI=1S/C19H15N3O3/c20-11-14(19-21-15-8-4-5-9-16(15)22-19)17(23)12-25-18(24)10-13-6-2-1-3-7-13/h1-9,23H,10,12H2,(H,21,22)/b17-14-. The van der Waals surface area contributed by atoms with Crippen LogP contribution in [0.4, 0.5) is 0 Å². The molecule has 6 heteroatoms. The molecule has 0 radical (unpaired) electrons. The van der Waals surface area contributed by atoms with Crippen molar-refractivity contribution in [3.63, 3.8) is 0 Å². The zero-order valence-corrected chi connectivity index (χ0v) is 13.3. The molecular weight excluding hydrogens is 318 g/mol. The van der Waals surface area contributed by atoms with Crippen molar-refractivity contribution in [2.24, 2.45) is 0 Å². The number of carbonyl (C=O) groups excluding carboxylic acids is 1. The van der Waals surface area contributed by atoms with Gasteiger partial charge in [0.2, 0.25) is 0 Å². The fourth-order valence-corrected chi connectivity index (χ4v) is 2.36. The summed E-state index contributed by atoms with van der Waals surface area (Å²) >= 11 is 0. The first kappa shape index (κ1) is 16.3. The molecule has 0 spiro atoms. The number of nitriles is 1. The van der Waals surface area contributed by atoms with Crippen LogP contribution in [0.5, 0.6) is 0 Å². The van der Waals surface area contributed by atoms with Crippen LogP contribution in [-0.2, 0) is 16.0 Å². The summed E-state index contributed by atoms with van der Waals surface area (Å²) in [5.41, 5.74) is 2.19. The van der Waals surface area contributed by atoms with Crippen LogP contribution in [0.2, 0.25) is 0 Å². The molecule has 0 fully saturated rings. The van der Waals surface area contributed by atoms with Gasteiger partial charge in [-0.1, -0.05) is 42.5 Å². The number of para-hydroxylation sites is 2. The summed E-state index contributed by atoms with van der Waals surface area (Å²) < 4.78 is 5.05. The van der Waals surface area contributed by atoms with Gasteiger partial charge in [-0.05, 0) is 17.7 Å². The lowest BCUT2D eigenvalue weighted by Crippen LogP contribution is -2.11. The Morgan fingerprint density at radius 3 is 2.60 bits per heavy atom. The summed E-state index contributed by atoms with van der Waals surface area (Å²) in [6.45, 7) is -0.383. The number of allylic oxidation sites excluding steroid dienone is 1. The first-order valence-electron chi connectivity index (χ1n) is 7.64. The zero-order valence-electron chi connectivity index (χ0n) is 13.3. The van der Waals surface area contributed by atoms with Gasteiger partial charge >= 0.3 is 5.97 Å². The van der Waals surface area contributed by atoms with Crippen LogP contribution >= 0.6 is 0 Å². The third-order valence-electron chi connectivity index (χ3n) is 3.59. The number of esters is 1. The van der Waals surface area contributed by atoms with Gasteiger partial charge in [-0.2, -0.15) is 5.26 Å². The molecule has 2 aromatic carbocycles. The number of aromatic amines is 1. The predicted molar refractivity (Wildman–Crippen MR) is 92.4 cm³/mol. The smallest absolute Gasteiger partial charge is 0.310 e. The number of benzene rings is 2. The third-order valence-corrected chi connectivity index (χ3v) is 3.59. The highest BCUT2D eigenvalue weighted by atomic mass is 16.5. The van der Waals surface area contributed by atoms with Crippen LogP contribution in [0.3, 0.4) is 0 Å². The number of hydrogen-bond donors (Lipinski definition) is 2. The minimum atomic E-state index is -0.486. The van der Waals surface area contributed by atoms with E-state index < -0.39 is 5.97 Å². The van der Waals surface area contributed by atoms with E-state index in [1.807, 2.05) is 54.6 Å². The molecule has 0 atom stereocenters. The third kappa shape index (κ3) is 3.85. The molecule has 3 rings (SSSR count). The van der Waals surface area contributed by atoms with Crippen LogP contribution < -0.4 is 0 Å². The number of ether oxygens (including phenoxy) is 1. The summed E-state index contributed by atoms with van der Waals surface area (Å²) in [5.74, 6) is -0.595. The van der Waals surface area contributed by atoms with E-state index in [0.29, 0.717) is 5.52 Å². The summed E-state index contributed by atoms with van der Waals surface area (Å²) in [5, 5.41) is 19.4. The van der Waals surface area contributed by atoms with E-state index in [9.17, 15) is 15.2 Å². The lowest BCUT2D eigenvalue weighted by Gasteiger charge is -2.05. The Labute approximate surface area is 144 Å². The van der Waals surface area contributed by atoms with Crippen LogP contribution in [0, 0.1) is 11.3 Å². The van der Waals surface area contributed by atoms with Crippen molar-refractivity contribution in [3.05, 3.63) is 71.7 Å². The Morgan fingerprint density at radius 1 is 1.16 bits per heavy atom. The number of aromatic nitrogens is 2. The number of imidazole rings is 1. The average Bonchev–Trinajstić information content (AvgIpc) is 3.05. The number of aliphatic hydroxyl groups is 1. The number of fused-ring (bicyclic) bond motifs is 1. The number of rotatable bonds is 5. The molecule has 3 aromatic rings.